The Morgan fingerprint density at radius 2 is 2.08 bits per heavy atom. The van der Waals surface area contributed by atoms with E-state index in [1.54, 1.807) is 18.2 Å². The molecule has 0 aromatic heterocycles. The molecule has 1 atom stereocenters. The van der Waals surface area contributed by atoms with Crippen molar-refractivity contribution in [2.45, 2.75) is 30.9 Å². The molecule has 3 rings (SSSR count). The predicted octanol–water partition coefficient (Wildman–Crippen LogP) is 1.97. The molecule has 2 aliphatic rings. The van der Waals surface area contributed by atoms with Gasteiger partial charge in [-0.2, -0.15) is 4.99 Å². The number of hydrogen-bond acceptors (Lipinski definition) is 4. The van der Waals surface area contributed by atoms with E-state index in [4.69, 9.17) is 0 Å². The topological polar surface area (TPSA) is 61.8 Å². The van der Waals surface area contributed by atoms with Crippen LogP contribution < -0.4 is 5.32 Å². The minimum Gasteiger partial charge on any atom is -0.356 e. The Labute approximate surface area is 144 Å². The average molecular weight is 349 g/mol. The van der Waals surface area contributed by atoms with Gasteiger partial charge < -0.3 is 10.2 Å². The zero-order valence-corrected chi connectivity index (χ0v) is 14.2. The molecule has 1 aromatic carbocycles. The van der Waals surface area contributed by atoms with Gasteiger partial charge in [-0.15, -0.1) is 0 Å². The van der Waals surface area contributed by atoms with Crippen LogP contribution in [0.25, 0.3) is 0 Å². The van der Waals surface area contributed by atoms with Gasteiger partial charge in [-0.25, -0.2) is 4.39 Å². The summed E-state index contributed by atoms with van der Waals surface area (Å²) in [5.74, 6) is -0.696. The number of likely N-dealkylation sites (tertiary alicyclic amines) is 1. The molecule has 2 aliphatic heterocycles. The van der Waals surface area contributed by atoms with Gasteiger partial charge in [0, 0.05) is 26.1 Å². The molecule has 1 fully saturated rings. The van der Waals surface area contributed by atoms with Crippen molar-refractivity contribution < 1.29 is 14.0 Å². The third-order valence-corrected chi connectivity index (χ3v) is 5.36. The highest BCUT2D eigenvalue weighted by molar-refractivity contribution is 8.15. The smallest absolute Gasteiger partial charge is 0.262 e. The van der Waals surface area contributed by atoms with Crippen LogP contribution in [0, 0.1) is 5.82 Å². The van der Waals surface area contributed by atoms with Crippen LogP contribution in [0.1, 0.15) is 24.8 Å². The van der Waals surface area contributed by atoms with E-state index >= 15 is 0 Å². The summed E-state index contributed by atoms with van der Waals surface area (Å²) >= 11 is 1.38. The largest absolute Gasteiger partial charge is 0.356 e. The third-order valence-electron chi connectivity index (χ3n) is 4.15. The van der Waals surface area contributed by atoms with Gasteiger partial charge in [0.05, 0.1) is 0 Å². The van der Waals surface area contributed by atoms with E-state index < -0.39 is 5.25 Å². The first kappa shape index (κ1) is 17.0. The maximum atomic E-state index is 13.5. The number of amidine groups is 1. The number of aliphatic imine (C=N–C) groups is 1. The standard InChI is InChI=1S/C17H20FN3O2S/c18-13-6-2-1-5-12(13)7-8-19-15(22)11-14-16(23)20-17(24-14)21-9-3-4-10-21/h1-2,5-6,14H,3-4,7-11H2,(H,19,22)/t14-/m0/s1. The number of amides is 2. The highest BCUT2D eigenvalue weighted by Crippen LogP contribution is 2.28. The summed E-state index contributed by atoms with van der Waals surface area (Å²) in [6.45, 7) is 2.21. The molecule has 0 saturated carbocycles. The van der Waals surface area contributed by atoms with E-state index in [1.807, 2.05) is 0 Å². The number of carbonyl (C=O) groups is 2. The minimum absolute atomic E-state index is 0.113. The Morgan fingerprint density at radius 1 is 1.33 bits per heavy atom. The molecule has 7 heteroatoms. The van der Waals surface area contributed by atoms with Crippen molar-refractivity contribution in [2.24, 2.45) is 4.99 Å². The highest BCUT2D eigenvalue weighted by atomic mass is 32.2. The fourth-order valence-corrected chi connectivity index (χ4v) is 3.95. The van der Waals surface area contributed by atoms with Gasteiger partial charge >= 0.3 is 0 Å². The summed E-state index contributed by atoms with van der Waals surface area (Å²) in [7, 11) is 0. The van der Waals surface area contributed by atoms with Crippen LogP contribution in [-0.2, 0) is 16.0 Å². The van der Waals surface area contributed by atoms with Gasteiger partial charge in [0.2, 0.25) is 5.91 Å². The molecule has 5 nitrogen and oxygen atoms in total. The lowest BCUT2D eigenvalue weighted by Gasteiger charge is -2.16. The first-order valence-electron chi connectivity index (χ1n) is 8.18. The van der Waals surface area contributed by atoms with Gasteiger partial charge in [-0.3, -0.25) is 9.59 Å². The minimum atomic E-state index is -0.436. The number of thioether (sulfide) groups is 1. The van der Waals surface area contributed by atoms with E-state index in [2.05, 4.69) is 15.2 Å². The zero-order valence-electron chi connectivity index (χ0n) is 13.3. The fourth-order valence-electron chi connectivity index (χ4n) is 2.83. The van der Waals surface area contributed by atoms with Crippen LogP contribution in [0.4, 0.5) is 4.39 Å². The third kappa shape index (κ3) is 4.14. The summed E-state index contributed by atoms with van der Waals surface area (Å²) < 4.78 is 13.5. The maximum Gasteiger partial charge on any atom is 0.262 e. The second kappa shape index (κ2) is 7.79. The molecule has 0 aliphatic carbocycles. The average Bonchev–Trinajstić information content (AvgIpc) is 3.20. The summed E-state index contributed by atoms with van der Waals surface area (Å²) in [6, 6.07) is 6.51. The van der Waals surface area contributed by atoms with Crippen LogP contribution in [-0.4, -0.2) is 46.8 Å². The Kier molecular flexibility index (Phi) is 5.50. The second-order valence-electron chi connectivity index (χ2n) is 5.93. The second-order valence-corrected chi connectivity index (χ2v) is 7.10. The number of benzene rings is 1. The quantitative estimate of drug-likeness (QED) is 0.883. The predicted molar refractivity (Wildman–Crippen MR) is 92.4 cm³/mol. The number of nitrogens with zero attached hydrogens (tertiary/aromatic N) is 2. The molecule has 1 aromatic rings. The Morgan fingerprint density at radius 3 is 2.83 bits per heavy atom. The van der Waals surface area contributed by atoms with Gasteiger partial charge in [-0.1, -0.05) is 30.0 Å². The summed E-state index contributed by atoms with van der Waals surface area (Å²) in [5.41, 5.74) is 0.573. The van der Waals surface area contributed by atoms with Crippen LogP contribution in [0.15, 0.2) is 29.3 Å². The van der Waals surface area contributed by atoms with Crippen LogP contribution >= 0.6 is 11.8 Å². The summed E-state index contributed by atoms with van der Waals surface area (Å²) in [4.78, 5) is 30.2. The van der Waals surface area contributed by atoms with E-state index in [-0.39, 0.29) is 24.1 Å². The molecule has 1 N–H and O–H groups in total. The fraction of sp³-hybridized carbons (Fsp3) is 0.471. The van der Waals surface area contributed by atoms with Crippen LogP contribution in [0.2, 0.25) is 0 Å². The lowest BCUT2D eigenvalue weighted by Crippen LogP contribution is -2.30. The van der Waals surface area contributed by atoms with Gasteiger partial charge in [-0.05, 0) is 30.9 Å². The molecule has 24 heavy (non-hydrogen) atoms. The number of nitrogens with one attached hydrogen (secondary N) is 1. The maximum absolute atomic E-state index is 13.5. The van der Waals surface area contributed by atoms with Gasteiger partial charge in [0.1, 0.15) is 11.1 Å². The van der Waals surface area contributed by atoms with Crippen molar-refractivity contribution in [1.29, 1.82) is 0 Å². The van der Waals surface area contributed by atoms with E-state index in [1.165, 1.54) is 17.8 Å². The van der Waals surface area contributed by atoms with Crippen molar-refractivity contribution in [2.75, 3.05) is 19.6 Å². The van der Waals surface area contributed by atoms with E-state index in [9.17, 15) is 14.0 Å². The van der Waals surface area contributed by atoms with Gasteiger partial charge in [0.25, 0.3) is 5.91 Å². The summed E-state index contributed by atoms with van der Waals surface area (Å²) in [5, 5.41) is 3.07. The van der Waals surface area contributed by atoms with Crippen LogP contribution in [0.3, 0.4) is 0 Å². The molecule has 2 heterocycles. The monoisotopic (exact) mass is 349 g/mol. The molecule has 2 amide bonds. The molecule has 128 valence electrons. The number of rotatable bonds is 5. The first-order valence-corrected chi connectivity index (χ1v) is 9.05. The van der Waals surface area contributed by atoms with Crippen molar-refractivity contribution in [3.63, 3.8) is 0 Å². The number of hydrogen-bond donors (Lipinski definition) is 1. The molecule has 1 saturated heterocycles. The van der Waals surface area contributed by atoms with Crippen molar-refractivity contribution in [1.82, 2.24) is 10.2 Å². The van der Waals surface area contributed by atoms with Crippen LogP contribution in [0.5, 0.6) is 0 Å². The lowest BCUT2D eigenvalue weighted by molar-refractivity contribution is -0.124. The molecule has 0 bridgehead atoms. The molecular formula is C17H20FN3O2S. The van der Waals surface area contributed by atoms with E-state index in [0.717, 1.165) is 31.1 Å². The Bertz CT molecular complexity index is 659. The molecule has 0 unspecified atom stereocenters. The van der Waals surface area contributed by atoms with Crippen molar-refractivity contribution in [3.05, 3.63) is 35.6 Å². The SMILES string of the molecule is O=C(C[C@@H]1SC(N2CCCC2)=NC1=O)NCCc1ccccc1F. The Hall–Kier alpha value is -1.89. The lowest BCUT2D eigenvalue weighted by atomic mass is 10.1. The van der Waals surface area contributed by atoms with E-state index in [0.29, 0.717) is 18.5 Å². The zero-order chi connectivity index (χ0) is 16.9. The number of halogens is 1. The first-order chi connectivity index (χ1) is 11.6. The molecule has 0 spiro atoms. The van der Waals surface area contributed by atoms with Crippen molar-refractivity contribution >= 4 is 28.7 Å². The molecule has 0 radical (unpaired) electrons. The Balaban J connectivity index is 1.42. The summed E-state index contributed by atoms with van der Waals surface area (Å²) in [6.07, 6.45) is 2.78. The number of carbonyl (C=O) groups excluding carboxylic acids is 2. The highest BCUT2D eigenvalue weighted by Gasteiger charge is 2.33. The van der Waals surface area contributed by atoms with Crippen molar-refractivity contribution in [3.8, 4) is 0 Å². The molecular weight excluding hydrogens is 329 g/mol. The normalized spacial score (nSPS) is 20.4. The van der Waals surface area contributed by atoms with Gasteiger partial charge in [0.15, 0.2) is 5.17 Å².